The lowest BCUT2D eigenvalue weighted by molar-refractivity contribution is -0.114. The molecular formula is C20H16BrNO4. The zero-order chi connectivity index (χ0) is 18.7. The first-order valence-corrected chi connectivity index (χ1v) is 8.62. The van der Waals surface area contributed by atoms with Gasteiger partial charge in [0.25, 0.3) is 11.8 Å². The van der Waals surface area contributed by atoms with Gasteiger partial charge in [0.1, 0.15) is 6.61 Å². The zero-order valence-corrected chi connectivity index (χ0v) is 15.6. The van der Waals surface area contributed by atoms with Crippen molar-refractivity contribution in [1.29, 1.82) is 0 Å². The van der Waals surface area contributed by atoms with Crippen LogP contribution in [-0.4, -0.2) is 25.5 Å². The molecule has 6 heteroatoms. The molecule has 0 aliphatic carbocycles. The summed E-state index contributed by atoms with van der Waals surface area (Å²) in [5, 5.41) is 2.36. The second-order valence-corrected chi connectivity index (χ2v) is 6.37. The molecule has 1 aliphatic rings. The van der Waals surface area contributed by atoms with E-state index in [9.17, 15) is 9.59 Å². The van der Waals surface area contributed by atoms with Crippen molar-refractivity contribution in [2.45, 2.75) is 0 Å². The van der Waals surface area contributed by atoms with Gasteiger partial charge in [0.2, 0.25) is 0 Å². The van der Waals surface area contributed by atoms with Crippen LogP contribution in [0.3, 0.4) is 0 Å². The third kappa shape index (κ3) is 3.41. The van der Waals surface area contributed by atoms with Crippen LogP contribution in [0.2, 0.25) is 0 Å². The maximum atomic E-state index is 12.3. The minimum absolute atomic E-state index is 0.341. The Bertz CT molecular complexity index is 933. The number of fused-ring (bicyclic) bond motifs is 1. The molecule has 5 nitrogen and oxygen atoms in total. The van der Waals surface area contributed by atoms with E-state index >= 15 is 0 Å². The molecule has 26 heavy (non-hydrogen) atoms. The topological polar surface area (TPSA) is 64.6 Å². The van der Waals surface area contributed by atoms with Gasteiger partial charge < -0.3 is 9.47 Å². The van der Waals surface area contributed by atoms with E-state index in [0.29, 0.717) is 39.3 Å². The molecule has 0 unspecified atom stereocenters. The van der Waals surface area contributed by atoms with Crippen LogP contribution in [0.1, 0.15) is 21.5 Å². The molecule has 2 aromatic rings. The lowest BCUT2D eigenvalue weighted by atomic mass is 9.93. The summed E-state index contributed by atoms with van der Waals surface area (Å²) in [7, 11) is 1.54. The number of benzene rings is 2. The van der Waals surface area contributed by atoms with Crippen LogP contribution in [0.4, 0.5) is 0 Å². The lowest BCUT2D eigenvalue weighted by Gasteiger charge is -2.18. The minimum atomic E-state index is -0.434. The monoisotopic (exact) mass is 413 g/mol. The van der Waals surface area contributed by atoms with Gasteiger partial charge >= 0.3 is 0 Å². The van der Waals surface area contributed by atoms with E-state index in [1.807, 2.05) is 6.07 Å². The molecule has 1 heterocycles. The normalized spacial score (nSPS) is 14.6. The first kappa shape index (κ1) is 17.9. The summed E-state index contributed by atoms with van der Waals surface area (Å²) < 4.78 is 11.7. The Balaban J connectivity index is 2.08. The second kappa shape index (κ2) is 7.58. The van der Waals surface area contributed by atoms with E-state index in [1.54, 1.807) is 49.6 Å². The van der Waals surface area contributed by atoms with Gasteiger partial charge in [-0.25, -0.2) is 0 Å². The van der Waals surface area contributed by atoms with Crippen LogP contribution >= 0.6 is 15.9 Å². The van der Waals surface area contributed by atoms with Crippen molar-refractivity contribution in [1.82, 2.24) is 5.32 Å². The summed E-state index contributed by atoms with van der Waals surface area (Å²) in [4.78, 5) is 24.3. The molecule has 0 spiro atoms. The van der Waals surface area contributed by atoms with Gasteiger partial charge in [-0.1, -0.05) is 30.9 Å². The Labute approximate surface area is 159 Å². The lowest BCUT2D eigenvalue weighted by Crippen LogP contribution is -2.36. The highest BCUT2D eigenvalue weighted by molar-refractivity contribution is 9.10. The van der Waals surface area contributed by atoms with Gasteiger partial charge in [-0.3, -0.25) is 14.9 Å². The molecular weight excluding hydrogens is 398 g/mol. The highest BCUT2D eigenvalue weighted by atomic mass is 79.9. The summed E-state index contributed by atoms with van der Waals surface area (Å²) in [5.41, 5.74) is 2.21. The predicted molar refractivity (Wildman–Crippen MR) is 103 cm³/mol. The summed E-state index contributed by atoms with van der Waals surface area (Å²) in [6, 6.07) is 10.6. The minimum Gasteiger partial charge on any atom is -0.493 e. The molecule has 0 aromatic heterocycles. The molecule has 0 fully saturated rings. The van der Waals surface area contributed by atoms with E-state index in [0.717, 1.165) is 5.56 Å². The average Bonchev–Trinajstić information content (AvgIpc) is 2.64. The third-order valence-corrected chi connectivity index (χ3v) is 4.43. The highest BCUT2D eigenvalue weighted by Crippen LogP contribution is 2.38. The fourth-order valence-electron chi connectivity index (χ4n) is 2.69. The smallest absolute Gasteiger partial charge is 0.258 e. The van der Waals surface area contributed by atoms with Gasteiger partial charge in [-0.2, -0.15) is 0 Å². The summed E-state index contributed by atoms with van der Waals surface area (Å²) in [6.45, 7) is 3.97. The van der Waals surface area contributed by atoms with Crippen molar-refractivity contribution in [2.75, 3.05) is 13.7 Å². The Morgan fingerprint density at radius 1 is 1.15 bits per heavy atom. The Kier molecular flexibility index (Phi) is 5.23. The molecule has 0 saturated carbocycles. The number of rotatable bonds is 5. The predicted octanol–water partition coefficient (Wildman–Crippen LogP) is 3.83. The standard InChI is InChI=1S/C20H16BrNO4/c1-3-8-26-18-16(21)10-12(11-17(18)25-2)9-15-13-6-4-5-7-14(13)19(23)22-20(15)24/h3-7,9-11H,1,8H2,2H3,(H,22,23,24). The van der Waals surface area contributed by atoms with Gasteiger partial charge in [-0.05, 0) is 51.3 Å². The molecule has 1 N–H and O–H groups in total. The van der Waals surface area contributed by atoms with Crippen molar-refractivity contribution in [2.24, 2.45) is 0 Å². The molecule has 2 amide bonds. The SMILES string of the molecule is C=CCOc1c(Br)cc(C=C2C(=O)NC(=O)c3ccccc32)cc1OC. The number of carbonyl (C=O) groups is 2. The Morgan fingerprint density at radius 3 is 2.58 bits per heavy atom. The highest BCUT2D eigenvalue weighted by Gasteiger charge is 2.26. The molecule has 3 rings (SSSR count). The van der Waals surface area contributed by atoms with Gasteiger partial charge in [0.05, 0.1) is 11.6 Å². The van der Waals surface area contributed by atoms with Crippen molar-refractivity contribution >= 4 is 39.4 Å². The van der Waals surface area contributed by atoms with Gasteiger partial charge in [-0.15, -0.1) is 0 Å². The fraction of sp³-hybridized carbons (Fsp3) is 0.100. The molecule has 0 atom stereocenters. The van der Waals surface area contributed by atoms with E-state index in [2.05, 4.69) is 27.8 Å². The van der Waals surface area contributed by atoms with Crippen LogP contribution in [0, 0.1) is 0 Å². The molecule has 0 saturated heterocycles. The second-order valence-electron chi connectivity index (χ2n) is 5.52. The van der Waals surface area contributed by atoms with Gasteiger partial charge in [0, 0.05) is 11.1 Å². The summed E-state index contributed by atoms with van der Waals surface area (Å²) in [6.07, 6.45) is 3.35. The number of methoxy groups -OCH3 is 1. The first-order valence-electron chi connectivity index (χ1n) is 7.83. The fourth-order valence-corrected chi connectivity index (χ4v) is 3.27. The van der Waals surface area contributed by atoms with Crippen LogP contribution in [-0.2, 0) is 4.79 Å². The Morgan fingerprint density at radius 2 is 1.88 bits per heavy atom. The van der Waals surface area contributed by atoms with Crippen molar-refractivity contribution in [3.8, 4) is 11.5 Å². The molecule has 0 radical (unpaired) electrons. The summed E-state index contributed by atoms with van der Waals surface area (Å²) in [5.74, 6) is 0.248. The van der Waals surface area contributed by atoms with E-state index in [4.69, 9.17) is 9.47 Å². The van der Waals surface area contributed by atoms with Crippen LogP contribution in [0.25, 0.3) is 11.6 Å². The first-order chi connectivity index (χ1) is 12.5. The maximum absolute atomic E-state index is 12.3. The van der Waals surface area contributed by atoms with Crippen molar-refractivity contribution in [3.05, 3.63) is 70.2 Å². The van der Waals surface area contributed by atoms with E-state index in [1.165, 1.54) is 0 Å². The number of carbonyl (C=O) groups excluding carboxylic acids is 2. The number of ether oxygens (including phenoxy) is 2. The molecule has 0 bridgehead atoms. The third-order valence-electron chi connectivity index (χ3n) is 3.84. The van der Waals surface area contributed by atoms with Crippen LogP contribution in [0.5, 0.6) is 11.5 Å². The van der Waals surface area contributed by atoms with Gasteiger partial charge in [0.15, 0.2) is 11.5 Å². The van der Waals surface area contributed by atoms with Crippen LogP contribution in [0.15, 0.2) is 53.5 Å². The number of hydrogen-bond acceptors (Lipinski definition) is 4. The number of nitrogens with one attached hydrogen (secondary N) is 1. The number of amides is 2. The Hall–Kier alpha value is -2.86. The summed E-state index contributed by atoms with van der Waals surface area (Å²) >= 11 is 3.47. The molecule has 132 valence electrons. The van der Waals surface area contributed by atoms with Crippen molar-refractivity contribution in [3.63, 3.8) is 0 Å². The van der Waals surface area contributed by atoms with Crippen molar-refractivity contribution < 1.29 is 19.1 Å². The number of halogens is 1. The van der Waals surface area contributed by atoms with Crippen LogP contribution < -0.4 is 14.8 Å². The average molecular weight is 414 g/mol. The maximum Gasteiger partial charge on any atom is 0.258 e. The zero-order valence-electron chi connectivity index (χ0n) is 14.0. The largest absolute Gasteiger partial charge is 0.493 e. The van der Waals surface area contributed by atoms with E-state index < -0.39 is 11.8 Å². The molecule has 1 aliphatic heterocycles. The van der Waals surface area contributed by atoms with E-state index in [-0.39, 0.29) is 0 Å². The molecule has 2 aromatic carbocycles. The number of hydrogen-bond donors (Lipinski definition) is 1. The number of imide groups is 1. The quantitative estimate of drug-likeness (QED) is 0.459.